The number of benzene rings is 1. The van der Waals surface area contributed by atoms with E-state index in [-0.39, 0.29) is 35.2 Å². The first kappa shape index (κ1) is 19.4. The predicted octanol–water partition coefficient (Wildman–Crippen LogP) is 2.11. The number of hydrogen-bond acceptors (Lipinski definition) is 7. The fourth-order valence-corrected chi connectivity index (χ4v) is 3.92. The van der Waals surface area contributed by atoms with Crippen LogP contribution >= 0.6 is 0 Å². The van der Waals surface area contributed by atoms with E-state index in [1.54, 1.807) is 16.8 Å². The molecule has 31 heavy (non-hydrogen) atoms. The summed E-state index contributed by atoms with van der Waals surface area (Å²) in [7, 11) is 0. The molecule has 5 rings (SSSR count). The molecule has 160 valence electrons. The van der Waals surface area contributed by atoms with Gasteiger partial charge >= 0.3 is 0 Å². The van der Waals surface area contributed by atoms with Crippen LogP contribution in [0.3, 0.4) is 0 Å². The molecule has 1 aliphatic rings. The molecule has 0 amide bonds. The fourth-order valence-electron chi connectivity index (χ4n) is 3.92. The number of piperidine rings is 1. The van der Waals surface area contributed by atoms with Gasteiger partial charge in [0.2, 0.25) is 11.7 Å². The SMILES string of the molecule is O=c1cc(C2CCNCC2)n2ncc(-c3noc(Cc4cc(F)c(O)c(F)c4)n3)c2[nH]1. The molecule has 4 heterocycles. The number of fused-ring (bicyclic) bond motifs is 1. The Morgan fingerprint density at radius 3 is 2.68 bits per heavy atom. The molecule has 1 aromatic carbocycles. The van der Waals surface area contributed by atoms with Crippen LogP contribution in [0.25, 0.3) is 17.0 Å². The number of aromatic amines is 1. The van der Waals surface area contributed by atoms with Crippen LogP contribution in [0.2, 0.25) is 0 Å². The van der Waals surface area contributed by atoms with Crippen molar-refractivity contribution in [1.82, 2.24) is 30.1 Å². The lowest BCUT2D eigenvalue weighted by atomic mass is 9.94. The summed E-state index contributed by atoms with van der Waals surface area (Å²) in [5.41, 5.74) is 1.73. The second-order valence-corrected chi connectivity index (χ2v) is 7.50. The van der Waals surface area contributed by atoms with Crippen LogP contribution in [-0.4, -0.2) is 42.9 Å². The standard InChI is InChI=1S/C20H18F2N6O3/c21-13-5-10(6-14(22)18(13)30)7-17-26-19(27-31-17)12-9-24-28-15(8-16(29)25-20(12)28)11-1-3-23-4-2-11/h5-6,8-9,11,23,30H,1-4,7H2,(H,25,29). The molecule has 3 N–H and O–H groups in total. The highest BCUT2D eigenvalue weighted by molar-refractivity contribution is 5.71. The number of phenols is 1. The highest BCUT2D eigenvalue weighted by atomic mass is 19.1. The van der Waals surface area contributed by atoms with Gasteiger partial charge in [0.15, 0.2) is 17.4 Å². The molecule has 0 unspecified atom stereocenters. The van der Waals surface area contributed by atoms with Crippen LogP contribution in [0.4, 0.5) is 8.78 Å². The van der Waals surface area contributed by atoms with Gasteiger partial charge in [-0.05, 0) is 43.6 Å². The molecule has 0 atom stereocenters. The van der Waals surface area contributed by atoms with Crippen molar-refractivity contribution in [3.05, 3.63) is 63.5 Å². The van der Waals surface area contributed by atoms with E-state index in [1.807, 2.05) is 0 Å². The first-order chi connectivity index (χ1) is 15.0. The van der Waals surface area contributed by atoms with E-state index < -0.39 is 17.4 Å². The Morgan fingerprint density at radius 2 is 1.94 bits per heavy atom. The van der Waals surface area contributed by atoms with E-state index in [0.717, 1.165) is 43.8 Å². The topological polar surface area (TPSA) is 121 Å². The van der Waals surface area contributed by atoms with Crippen molar-refractivity contribution in [3.63, 3.8) is 0 Å². The minimum Gasteiger partial charge on any atom is -0.503 e. The van der Waals surface area contributed by atoms with Crippen LogP contribution in [0.5, 0.6) is 5.75 Å². The Balaban J connectivity index is 1.49. The second-order valence-electron chi connectivity index (χ2n) is 7.50. The smallest absolute Gasteiger partial charge is 0.251 e. The van der Waals surface area contributed by atoms with E-state index in [9.17, 15) is 18.7 Å². The number of aromatic hydroxyl groups is 1. The third kappa shape index (κ3) is 3.56. The van der Waals surface area contributed by atoms with E-state index in [0.29, 0.717) is 11.2 Å². The maximum absolute atomic E-state index is 13.6. The number of halogens is 2. The number of rotatable bonds is 4. The highest BCUT2D eigenvalue weighted by Gasteiger charge is 2.22. The van der Waals surface area contributed by atoms with Crippen LogP contribution in [-0.2, 0) is 6.42 Å². The van der Waals surface area contributed by atoms with Gasteiger partial charge in [0.1, 0.15) is 5.65 Å². The molecule has 0 spiro atoms. The number of hydrogen-bond donors (Lipinski definition) is 3. The van der Waals surface area contributed by atoms with Gasteiger partial charge in [0, 0.05) is 12.0 Å². The van der Waals surface area contributed by atoms with Gasteiger partial charge in [-0.15, -0.1) is 0 Å². The molecule has 3 aromatic heterocycles. The molecular formula is C20H18F2N6O3. The summed E-state index contributed by atoms with van der Waals surface area (Å²) in [6.45, 7) is 1.75. The minimum atomic E-state index is -1.07. The lowest BCUT2D eigenvalue weighted by Crippen LogP contribution is -2.28. The van der Waals surface area contributed by atoms with Crippen molar-refractivity contribution in [2.45, 2.75) is 25.2 Å². The molecular weight excluding hydrogens is 410 g/mol. The number of nitrogens with one attached hydrogen (secondary N) is 2. The van der Waals surface area contributed by atoms with Gasteiger partial charge in [-0.3, -0.25) is 4.79 Å². The highest BCUT2D eigenvalue weighted by Crippen LogP contribution is 2.28. The van der Waals surface area contributed by atoms with Gasteiger partial charge < -0.3 is 19.9 Å². The predicted molar refractivity (Wildman–Crippen MR) is 105 cm³/mol. The van der Waals surface area contributed by atoms with Crippen molar-refractivity contribution < 1.29 is 18.4 Å². The number of nitrogens with zero attached hydrogens (tertiary/aromatic N) is 4. The van der Waals surface area contributed by atoms with Crippen LogP contribution < -0.4 is 10.9 Å². The van der Waals surface area contributed by atoms with E-state index in [4.69, 9.17) is 4.52 Å². The fraction of sp³-hybridized carbons (Fsp3) is 0.300. The Bertz CT molecular complexity index is 1300. The van der Waals surface area contributed by atoms with Crippen LogP contribution in [0.15, 0.2) is 33.7 Å². The Kier molecular flexibility index (Phi) is 4.74. The van der Waals surface area contributed by atoms with Gasteiger partial charge in [0.25, 0.3) is 5.56 Å². The summed E-state index contributed by atoms with van der Waals surface area (Å²) in [5.74, 6) is -2.65. The maximum Gasteiger partial charge on any atom is 0.251 e. The minimum absolute atomic E-state index is 0.0306. The number of phenolic OH excluding ortho intramolecular Hbond substituents is 1. The Labute approximate surface area is 173 Å². The van der Waals surface area contributed by atoms with Crippen LogP contribution in [0, 0.1) is 11.6 Å². The zero-order valence-electron chi connectivity index (χ0n) is 16.2. The normalized spacial score (nSPS) is 15.0. The van der Waals surface area contributed by atoms with E-state index in [2.05, 4.69) is 25.5 Å². The van der Waals surface area contributed by atoms with Crippen molar-refractivity contribution in [2.24, 2.45) is 0 Å². The van der Waals surface area contributed by atoms with Gasteiger partial charge in [-0.2, -0.15) is 10.1 Å². The molecule has 0 bridgehead atoms. The monoisotopic (exact) mass is 428 g/mol. The molecule has 0 aliphatic carbocycles. The summed E-state index contributed by atoms with van der Waals surface area (Å²) in [5, 5.41) is 20.9. The second kappa shape index (κ2) is 7.58. The molecule has 11 heteroatoms. The average molecular weight is 428 g/mol. The summed E-state index contributed by atoms with van der Waals surface area (Å²) in [4.78, 5) is 19.4. The third-order valence-electron chi connectivity index (χ3n) is 5.43. The quantitative estimate of drug-likeness (QED) is 0.455. The maximum atomic E-state index is 13.6. The van der Waals surface area contributed by atoms with Crippen molar-refractivity contribution in [2.75, 3.05) is 13.1 Å². The first-order valence-corrected chi connectivity index (χ1v) is 9.81. The molecule has 9 nitrogen and oxygen atoms in total. The molecule has 1 saturated heterocycles. The Morgan fingerprint density at radius 1 is 1.19 bits per heavy atom. The lowest BCUT2D eigenvalue weighted by molar-refractivity contribution is 0.382. The summed E-state index contributed by atoms with van der Waals surface area (Å²) in [6.07, 6.45) is 3.32. The van der Waals surface area contributed by atoms with E-state index >= 15 is 0 Å². The van der Waals surface area contributed by atoms with Gasteiger partial charge in [-0.1, -0.05) is 5.16 Å². The zero-order chi connectivity index (χ0) is 21.5. The summed E-state index contributed by atoms with van der Waals surface area (Å²) in [6, 6.07) is 3.57. The summed E-state index contributed by atoms with van der Waals surface area (Å²) >= 11 is 0. The molecule has 1 fully saturated rings. The van der Waals surface area contributed by atoms with Crippen LogP contribution in [0.1, 0.15) is 35.9 Å². The zero-order valence-corrected chi connectivity index (χ0v) is 16.2. The Hall–Kier alpha value is -3.60. The van der Waals surface area contributed by atoms with Gasteiger partial charge in [-0.25, -0.2) is 13.3 Å². The molecule has 4 aromatic rings. The van der Waals surface area contributed by atoms with Crippen molar-refractivity contribution >= 4 is 5.65 Å². The van der Waals surface area contributed by atoms with E-state index in [1.165, 1.54) is 0 Å². The molecule has 0 radical (unpaired) electrons. The summed E-state index contributed by atoms with van der Waals surface area (Å²) < 4.78 is 34.0. The number of aromatic nitrogens is 5. The average Bonchev–Trinajstić information content (AvgIpc) is 3.38. The molecule has 1 aliphatic heterocycles. The van der Waals surface area contributed by atoms with Gasteiger partial charge in [0.05, 0.1) is 23.9 Å². The third-order valence-corrected chi connectivity index (χ3v) is 5.43. The lowest BCUT2D eigenvalue weighted by Gasteiger charge is -2.23. The number of H-pyrrole nitrogens is 1. The van der Waals surface area contributed by atoms with Crippen molar-refractivity contribution in [3.8, 4) is 17.1 Å². The van der Waals surface area contributed by atoms with Crippen molar-refractivity contribution in [1.29, 1.82) is 0 Å². The molecule has 0 saturated carbocycles. The first-order valence-electron chi connectivity index (χ1n) is 9.81. The largest absolute Gasteiger partial charge is 0.503 e.